The van der Waals surface area contributed by atoms with E-state index in [4.69, 9.17) is 18.9 Å². The van der Waals surface area contributed by atoms with E-state index in [0.29, 0.717) is 103 Å². The molecule has 2 aromatic carbocycles. The van der Waals surface area contributed by atoms with Crippen molar-refractivity contribution >= 4 is 29.1 Å². The predicted molar refractivity (Wildman–Crippen MR) is 199 cm³/mol. The molecule has 4 heterocycles. The molecule has 12 nitrogen and oxygen atoms in total. The second kappa shape index (κ2) is 16.4. The lowest BCUT2D eigenvalue weighted by atomic mass is 10.00. The maximum atomic E-state index is 14.2. The topological polar surface area (TPSA) is 149 Å². The fourth-order valence-electron chi connectivity index (χ4n) is 8.50. The smallest absolute Gasteiger partial charge is 0.270 e. The Morgan fingerprint density at radius 1 is 0.769 bits per heavy atom. The zero-order valence-corrected chi connectivity index (χ0v) is 32.4. The second-order valence-electron chi connectivity index (χ2n) is 14.6. The van der Waals surface area contributed by atoms with Gasteiger partial charge in [0.25, 0.3) is 21.9 Å². The number of carbonyl (C=O) groups is 2. The SMILES string of the molecule is CCCCP(=O)(CCCOc1cc2c(cc1OC)C(=O)N1CCC[C@H]1CC2)CCCOc1cc2c(cc1OC)C(=O)N1CCC[C@H]1C(S(=O)(=O)O)C2. The molecule has 2 saturated heterocycles. The van der Waals surface area contributed by atoms with E-state index >= 15 is 0 Å². The van der Waals surface area contributed by atoms with Crippen molar-refractivity contribution in [1.82, 2.24) is 9.80 Å². The van der Waals surface area contributed by atoms with Crippen molar-refractivity contribution < 1.29 is 46.1 Å². The molecule has 0 aromatic heterocycles. The summed E-state index contributed by atoms with van der Waals surface area (Å²) in [6, 6.07) is 6.72. The molecular formula is C38H53N2O10PS. The highest BCUT2D eigenvalue weighted by Gasteiger charge is 2.45. The van der Waals surface area contributed by atoms with Crippen LogP contribution >= 0.6 is 7.14 Å². The van der Waals surface area contributed by atoms with Crippen LogP contribution in [-0.2, 0) is 27.5 Å². The fourth-order valence-corrected chi connectivity index (χ4v) is 12.5. The second-order valence-corrected chi connectivity index (χ2v) is 19.7. The van der Waals surface area contributed by atoms with E-state index in [1.54, 1.807) is 24.1 Å². The molecular weight excluding hydrogens is 707 g/mol. The van der Waals surface area contributed by atoms with Crippen LogP contribution in [0.2, 0.25) is 0 Å². The van der Waals surface area contributed by atoms with Crippen molar-refractivity contribution in [3.8, 4) is 23.0 Å². The average Bonchev–Trinajstić information content (AvgIpc) is 3.77. The standard InChI is InChI=1S/C38H53N2O10PS/c1-4-5-18-51(43,19-8-16-49-34-21-26-12-13-28-10-6-14-39(28)37(41)29(26)24-32(34)47-2)20-9-17-50-35-22-27-23-36(52(44,45)46)31-11-7-15-40(31)38(42)30(27)25-33(35)48-3/h21-22,24-25,28,31,36H,4-20,23H2,1-3H3,(H,44,45,46)/t28-,31-,36?,51?/m0/s1. The maximum absolute atomic E-state index is 14.2. The molecule has 286 valence electrons. The van der Waals surface area contributed by atoms with Gasteiger partial charge in [-0.1, -0.05) is 13.3 Å². The Morgan fingerprint density at radius 3 is 1.94 bits per heavy atom. The molecule has 0 aliphatic carbocycles. The van der Waals surface area contributed by atoms with Crippen LogP contribution in [0.3, 0.4) is 0 Å². The van der Waals surface area contributed by atoms with Crippen LogP contribution in [-0.4, -0.2) is 111 Å². The Kier molecular flexibility index (Phi) is 12.1. The van der Waals surface area contributed by atoms with Crippen LogP contribution in [0.15, 0.2) is 24.3 Å². The first-order valence-electron chi connectivity index (χ1n) is 18.8. The van der Waals surface area contributed by atoms with E-state index in [1.165, 1.54) is 7.11 Å². The highest BCUT2D eigenvalue weighted by Crippen LogP contribution is 2.48. The van der Waals surface area contributed by atoms with E-state index in [1.807, 2.05) is 17.0 Å². The first-order valence-corrected chi connectivity index (χ1v) is 22.6. The molecule has 2 fully saturated rings. The van der Waals surface area contributed by atoms with Gasteiger partial charge in [-0.3, -0.25) is 14.1 Å². The molecule has 0 saturated carbocycles. The van der Waals surface area contributed by atoms with Crippen molar-refractivity contribution in [3.05, 3.63) is 46.5 Å². The van der Waals surface area contributed by atoms with Gasteiger partial charge < -0.3 is 33.3 Å². The van der Waals surface area contributed by atoms with Gasteiger partial charge in [-0.05, 0) is 99.6 Å². The van der Waals surface area contributed by atoms with Gasteiger partial charge in [-0.2, -0.15) is 8.42 Å². The average molecular weight is 761 g/mol. The summed E-state index contributed by atoms with van der Waals surface area (Å²) in [6.07, 6.45) is 9.67. The number of rotatable bonds is 16. The monoisotopic (exact) mass is 760 g/mol. The van der Waals surface area contributed by atoms with Gasteiger partial charge in [0.15, 0.2) is 23.0 Å². The van der Waals surface area contributed by atoms with Gasteiger partial charge in [-0.15, -0.1) is 0 Å². The van der Waals surface area contributed by atoms with E-state index in [0.717, 1.165) is 50.6 Å². The molecule has 4 aliphatic rings. The van der Waals surface area contributed by atoms with E-state index in [-0.39, 0.29) is 24.8 Å². The van der Waals surface area contributed by atoms with E-state index in [2.05, 4.69) is 6.92 Å². The number of methoxy groups -OCH3 is 2. The predicted octanol–water partition coefficient (Wildman–Crippen LogP) is 6.07. The number of amides is 2. The Labute approximate surface area is 307 Å². The molecule has 14 heteroatoms. The van der Waals surface area contributed by atoms with Crippen molar-refractivity contribution in [2.75, 3.05) is 59.0 Å². The Bertz CT molecular complexity index is 1800. The van der Waals surface area contributed by atoms with Gasteiger partial charge >= 0.3 is 0 Å². The highest BCUT2D eigenvalue weighted by atomic mass is 32.2. The number of unbranched alkanes of at least 4 members (excludes halogenated alkanes) is 1. The summed E-state index contributed by atoms with van der Waals surface area (Å²) in [5.74, 6) is 1.67. The number of hydrogen-bond acceptors (Lipinski definition) is 9. The number of nitrogens with zero attached hydrogens (tertiary/aromatic N) is 2. The highest BCUT2D eigenvalue weighted by molar-refractivity contribution is 7.86. The maximum Gasteiger partial charge on any atom is 0.270 e. The van der Waals surface area contributed by atoms with Crippen molar-refractivity contribution in [2.45, 2.75) is 94.9 Å². The van der Waals surface area contributed by atoms with E-state index < -0.39 is 28.6 Å². The van der Waals surface area contributed by atoms with Gasteiger partial charge in [0.2, 0.25) is 0 Å². The van der Waals surface area contributed by atoms with Crippen LogP contribution in [0, 0.1) is 0 Å². The van der Waals surface area contributed by atoms with Crippen LogP contribution in [0.25, 0.3) is 0 Å². The van der Waals surface area contributed by atoms with Crippen LogP contribution in [0.5, 0.6) is 23.0 Å². The zero-order valence-electron chi connectivity index (χ0n) is 30.6. The number of hydrogen-bond donors (Lipinski definition) is 1. The summed E-state index contributed by atoms with van der Waals surface area (Å²) in [4.78, 5) is 30.3. The largest absolute Gasteiger partial charge is 0.493 e. The summed E-state index contributed by atoms with van der Waals surface area (Å²) in [5.41, 5.74) is 2.52. The summed E-state index contributed by atoms with van der Waals surface area (Å²) in [7, 11) is -3.89. The van der Waals surface area contributed by atoms with Gasteiger partial charge in [-0.25, -0.2) is 0 Å². The third-order valence-corrected chi connectivity index (χ3v) is 15.9. The Balaban J connectivity index is 1.06. The van der Waals surface area contributed by atoms with Crippen LogP contribution in [0.1, 0.15) is 96.6 Å². The minimum atomic E-state index is -4.41. The normalized spacial score (nSPS) is 22.4. The molecule has 4 atom stereocenters. The third-order valence-electron chi connectivity index (χ3n) is 11.3. The number of ether oxygens (including phenoxy) is 4. The van der Waals surface area contributed by atoms with Crippen molar-refractivity contribution in [3.63, 3.8) is 0 Å². The number of carbonyl (C=O) groups excluding carboxylic acids is 2. The lowest BCUT2D eigenvalue weighted by Gasteiger charge is -2.26. The minimum absolute atomic E-state index is 0.00968. The molecule has 2 aromatic rings. The molecule has 6 rings (SSSR count). The van der Waals surface area contributed by atoms with Crippen LogP contribution in [0.4, 0.5) is 0 Å². The van der Waals surface area contributed by atoms with Gasteiger partial charge in [0, 0.05) is 48.7 Å². The van der Waals surface area contributed by atoms with Crippen molar-refractivity contribution in [1.29, 1.82) is 0 Å². The van der Waals surface area contributed by atoms with Gasteiger partial charge in [0.1, 0.15) is 5.25 Å². The lowest BCUT2D eigenvalue weighted by molar-refractivity contribution is 0.0732. The molecule has 2 unspecified atom stereocenters. The number of aryl methyl sites for hydroxylation is 1. The molecule has 2 amide bonds. The number of fused-ring (bicyclic) bond motifs is 4. The molecule has 0 spiro atoms. The van der Waals surface area contributed by atoms with E-state index in [9.17, 15) is 27.1 Å². The number of benzene rings is 2. The lowest BCUT2D eigenvalue weighted by Crippen LogP contribution is -2.44. The summed E-state index contributed by atoms with van der Waals surface area (Å²) < 4.78 is 72.6. The first-order chi connectivity index (χ1) is 25.0. The zero-order chi connectivity index (χ0) is 37.0. The van der Waals surface area contributed by atoms with Crippen LogP contribution < -0.4 is 18.9 Å². The summed E-state index contributed by atoms with van der Waals surface area (Å²) in [6.45, 7) is 3.96. The summed E-state index contributed by atoms with van der Waals surface area (Å²) in [5, 5.41) is -1.12. The molecule has 52 heavy (non-hydrogen) atoms. The molecule has 1 N–H and O–H groups in total. The molecule has 4 aliphatic heterocycles. The van der Waals surface area contributed by atoms with Crippen molar-refractivity contribution in [2.24, 2.45) is 0 Å². The summed E-state index contributed by atoms with van der Waals surface area (Å²) >= 11 is 0. The Morgan fingerprint density at radius 2 is 1.33 bits per heavy atom. The van der Waals surface area contributed by atoms with Gasteiger partial charge in [0.05, 0.1) is 40.6 Å². The first kappa shape index (κ1) is 38.4. The quantitative estimate of drug-likeness (QED) is 0.121. The minimum Gasteiger partial charge on any atom is -0.493 e. The molecule has 0 bridgehead atoms. The Hall–Kier alpha value is -3.28. The third kappa shape index (κ3) is 8.26. The fraction of sp³-hybridized carbons (Fsp3) is 0.632. The molecule has 0 radical (unpaired) electrons.